The minimum Gasteiger partial charge on any atom is -0.464 e. The highest BCUT2D eigenvalue weighted by Crippen LogP contribution is 2.19. The van der Waals surface area contributed by atoms with E-state index in [0.717, 1.165) is 17.9 Å². The van der Waals surface area contributed by atoms with Gasteiger partial charge in [0.15, 0.2) is 17.5 Å². The van der Waals surface area contributed by atoms with Crippen molar-refractivity contribution in [3.05, 3.63) is 53.2 Å². The summed E-state index contributed by atoms with van der Waals surface area (Å²) in [6.45, 7) is 4.21. The maximum atomic E-state index is 13.7. The van der Waals surface area contributed by atoms with Crippen LogP contribution in [0.15, 0.2) is 28.7 Å². The van der Waals surface area contributed by atoms with Crippen LogP contribution in [0.3, 0.4) is 0 Å². The molecular formula is C20H24F3N3O3. The molecule has 0 radical (unpaired) electrons. The first-order valence-corrected chi connectivity index (χ1v) is 9.16. The molecule has 0 aliphatic rings. The third kappa shape index (κ3) is 6.35. The Morgan fingerprint density at radius 1 is 1.07 bits per heavy atom. The highest BCUT2D eigenvalue weighted by atomic mass is 19.2. The number of rotatable bonds is 9. The van der Waals surface area contributed by atoms with E-state index in [4.69, 9.17) is 4.42 Å². The second-order valence-corrected chi connectivity index (χ2v) is 6.74. The minimum atomic E-state index is -1.65. The molecule has 6 nitrogen and oxygen atoms in total. The van der Waals surface area contributed by atoms with Crippen molar-refractivity contribution in [2.75, 3.05) is 32.0 Å². The molecule has 29 heavy (non-hydrogen) atoms. The van der Waals surface area contributed by atoms with Crippen molar-refractivity contribution in [1.82, 2.24) is 9.80 Å². The first-order valence-electron chi connectivity index (χ1n) is 9.16. The number of nitrogens with zero attached hydrogens (tertiary/aromatic N) is 2. The lowest BCUT2D eigenvalue weighted by Crippen LogP contribution is -2.42. The van der Waals surface area contributed by atoms with Gasteiger partial charge >= 0.3 is 0 Å². The summed E-state index contributed by atoms with van der Waals surface area (Å²) in [6.07, 6.45) is 0.682. The van der Waals surface area contributed by atoms with Crippen molar-refractivity contribution in [3.8, 4) is 0 Å². The molecule has 0 aliphatic heterocycles. The summed E-state index contributed by atoms with van der Waals surface area (Å²) >= 11 is 0. The van der Waals surface area contributed by atoms with Crippen molar-refractivity contribution in [2.45, 2.75) is 26.8 Å². The number of carbonyl (C=O) groups excluding carboxylic acids is 2. The Morgan fingerprint density at radius 3 is 2.41 bits per heavy atom. The Balaban J connectivity index is 1.95. The van der Waals surface area contributed by atoms with Crippen molar-refractivity contribution in [3.63, 3.8) is 0 Å². The smallest absolute Gasteiger partial charge is 0.238 e. The van der Waals surface area contributed by atoms with E-state index in [1.165, 1.54) is 4.90 Å². The lowest BCUT2D eigenvalue weighted by molar-refractivity contribution is -0.132. The van der Waals surface area contributed by atoms with Gasteiger partial charge in [-0.25, -0.2) is 13.2 Å². The molecule has 1 aromatic carbocycles. The number of furan rings is 1. The van der Waals surface area contributed by atoms with Crippen molar-refractivity contribution in [2.24, 2.45) is 0 Å². The van der Waals surface area contributed by atoms with Gasteiger partial charge in [0.05, 0.1) is 25.3 Å². The van der Waals surface area contributed by atoms with Crippen LogP contribution in [0.25, 0.3) is 0 Å². The molecule has 158 valence electrons. The molecular weight excluding hydrogens is 387 g/mol. The van der Waals surface area contributed by atoms with Crippen LogP contribution in [0.1, 0.15) is 24.9 Å². The van der Waals surface area contributed by atoms with Gasteiger partial charge in [-0.15, -0.1) is 0 Å². The Morgan fingerprint density at radius 2 is 1.79 bits per heavy atom. The van der Waals surface area contributed by atoms with Crippen LogP contribution < -0.4 is 5.32 Å². The molecule has 2 amide bonds. The van der Waals surface area contributed by atoms with Crippen LogP contribution in [-0.4, -0.2) is 48.3 Å². The molecule has 0 spiro atoms. The zero-order chi connectivity index (χ0) is 21.6. The van der Waals surface area contributed by atoms with E-state index < -0.39 is 29.0 Å². The molecule has 2 rings (SSSR count). The van der Waals surface area contributed by atoms with E-state index in [2.05, 4.69) is 5.32 Å². The SMILES string of the molecule is CCCN(CC(=O)Nc1ccc(F)c(F)c1F)CC(=O)N(C)Cc1ccc(C)o1. The largest absolute Gasteiger partial charge is 0.464 e. The van der Waals surface area contributed by atoms with Gasteiger partial charge in [0.2, 0.25) is 11.8 Å². The van der Waals surface area contributed by atoms with Gasteiger partial charge in [-0.3, -0.25) is 14.5 Å². The van der Waals surface area contributed by atoms with Gasteiger partial charge in [0, 0.05) is 7.05 Å². The highest BCUT2D eigenvalue weighted by molar-refractivity contribution is 5.92. The van der Waals surface area contributed by atoms with Crippen LogP contribution in [0.4, 0.5) is 18.9 Å². The molecule has 0 atom stereocenters. The van der Waals surface area contributed by atoms with E-state index in [1.54, 1.807) is 24.1 Å². The van der Waals surface area contributed by atoms with Gasteiger partial charge in [-0.2, -0.15) is 0 Å². The van der Waals surface area contributed by atoms with Gasteiger partial charge < -0.3 is 14.6 Å². The Hall–Kier alpha value is -2.81. The Labute approximate surface area is 167 Å². The molecule has 0 bridgehead atoms. The number of carbonyl (C=O) groups is 2. The first-order chi connectivity index (χ1) is 13.7. The van der Waals surface area contributed by atoms with Crippen LogP contribution in [-0.2, 0) is 16.1 Å². The lowest BCUT2D eigenvalue weighted by atomic mass is 10.2. The quantitative estimate of drug-likeness (QED) is 0.643. The zero-order valence-electron chi connectivity index (χ0n) is 16.6. The number of hydrogen-bond donors (Lipinski definition) is 1. The van der Waals surface area contributed by atoms with Gasteiger partial charge in [-0.05, 0) is 44.2 Å². The van der Waals surface area contributed by atoms with Crippen molar-refractivity contribution >= 4 is 17.5 Å². The fourth-order valence-electron chi connectivity index (χ4n) is 2.75. The molecule has 0 fully saturated rings. The molecule has 0 saturated carbocycles. The predicted octanol–water partition coefficient (Wildman–Crippen LogP) is 3.31. The molecule has 0 saturated heterocycles. The summed E-state index contributed by atoms with van der Waals surface area (Å²) in [7, 11) is 1.63. The number of nitrogens with one attached hydrogen (secondary N) is 1. The number of benzene rings is 1. The van der Waals surface area contributed by atoms with Crippen molar-refractivity contribution < 1.29 is 27.2 Å². The number of hydrogen-bond acceptors (Lipinski definition) is 4. The van der Waals surface area contributed by atoms with Crippen LogP contribution >= 0.6 is 0 Å². The lowest BCUT2D eigenvalue weighted by Gasteiger charge is -2.24. The third-order valence-corrected chi connectivity index (χ3v) is 4.19. The number of anilines is 1. The van der Waals surface area contributed by atoms with Gasteiger partial charge in [0.25, 0.3) is 0 Å². The second-order valence-electron chi connectivity index (χ2n) is 6.74. The maximum absolute atomic E-state index is 13.7. The third-order valence-electron chi connectivity index (χ3n) is 4.19. The maximum Gasteiger partial charge on any atom is 0.238 e. The standard InChI is InChI=1S/C20H24F3N3O3/c1-4-9-26(12-18(28)25(3)10-14-6-5-13(2)29-14)11-17(27)24-16-8-7-15(21)19(22)20(16)23/h5-8H,4,9-12H2,1-3H3,(H,24,27). The number of likely N-dealkylation sites (N-methyl/N-ethyl adjacent to an activating group) is 1. The molecule has 1 heterocycles. The summed E-state index contributed by atoms with van der Waals surface area (Å²) in [4.78, 5) is 27.8. The summed E-state index contributed by atoms with van der Waals surface area (Å²) in [5.41, 5.74) is -0.456. The molecule has 1 aromatic heterocycles. The Bertz CT molecular complexity index is 870. The zero-order valence-corrected chi connectivity index (χ0v) is 16.6. The van der Waals surface area contributed by atoms with E-state index in [-0.39, 0.29) is 19.0 Å². The van der Waals surface area contributed by atoms with E-state index in [1.807, 2.05) is 13.8 Å². The van der Waals surface area contributed by atoms with E-state index in [0.29, 0.717) is 25.3 Å². The normalized spacial score (nSPS) is 11.0. The van der Waals surface area contributed by atoms with E-state index in [9.17, 15) is 22.8 Å². The molecule has 2 aromatic rings. The van der Waals surface area contributed by atoms with Gasteiger partial charge in [-0.1, -0.05) is 6.92 Å². The number of amides is 2. The van der Waals surface area contributed by atoms with Crippen molar-refractivity contribution in [1.29, 1.82) is 0 Å². The molecule has 0 aliphatic carbocycles. The number of aryl methyl sites for hydroxylation is 1. The Kier molecular flexibility index (Phi) is 7.83. The summed E-state index contributed by atoms with van der Waals surface area (Å²) in [5, 5.41) is 2.21. The molecule has 1 N–H and O–H groups in total. The predicted molar refractivity (Wildman–Crippen MR) is 102 cm³/mol. The minimum absolute atomic E-state index is 0.0300. The van der Waals surface area contributed by atoms with Crippen LogP contribution in [0.2, 0.25) is 0 Å². The van der Waals surface area contributed by atoms with Crippen LogP contribution in [0.5, 0.6) is 0 Å². The monoisotopic (exact) mass is 411 g/mol. The van der Waals surface area contributed by atoms with E-state index >= 15 is 0 Å². The average Bonchev–Trinajstić information content (AvgIpc) is 3.07. The van der Waals surface area contributed by atoms with Crippen LogP contribution in [0, 0.1) is 24.4 Å². The topological polar surface area (TPSA) is 65.8 Å². The summed E-state index contributed by atoms with van der Waals surface area (Å²) < 4.78 is 45.5. The number of halogens is 3. The summed E-state index contributed by atoms with van der Waals surface area (Å²) in [6, 6.07) is 5.26. The second kappa shape index (κ2) is 10.1. The molecule has 0 unspecified atom stereocenters. The first kappa shape index (κ1) is 22.5. The fraction of sp³-hybridized carbons (Fsp3) is 0.400. The fourth-order valence-corrected chi connectivity index (χ4v) is 2.75. The highest BCUT2D eigenvalue weighted by Gasteiger charge is 2.20. The molecule has 9 heteroatoms. The average molecular weight is 411 g/mol. The summed E-state index contributed by atoms with van der Waals surface area (Å²) in [5.74, 6) is -3.93. The van der Waals surface area contributed by atoms with Gasteiger partial charge in [0.1, 0.15) is 11.5 Å².